The van der Waals surface area contributed by atoms with Gasteiger partial charge in [0.1, 0.15) is 5.82 Å². The summed E-state index contributed by atoms with van der Waals surface area (Å²) >= 11 is 1.37. The normalized spacial score (nSPS) is 18.1. The zero-order valence-corrected chi connectivity index (χ0v) is 12.0. The Labute approximate surface area is 121 Å². The number of hydrogen-bond acceptors (Lipinski definition) is 4. The first-order valence-electron chi connectivity index (χ1n) is 6.34. The van der Waals surface area contributed by atoms with Crippen molar-refractivity contribution in [1.82, 2.24) is 4.90 Å². The van der Waals surface area contributed by atoms with Crippen LogP contribution in [-0.2, 0) is 14.3 Å². The number of likely N-dealkylation sites (tertiary alicyclic amines) is 1. The Kier molecular flexibility index (Phi) is 5.00. The summed E-state index contributed by atoms with van der Waals surface area (Å²) < 4.78 is 17.4. The maximum absolute atomic E-state index is 12.8. The summed E-state index contributed by atoms with van der Waals surface area (Å²) in [6.07, 6.45) is 0.652. The van der Waals surface area contributed by atoms with E-state index < -0.39 is 0 Å². The molecule has 20 heavy (non-hydrogen) atoms. The number of amides is 1. The second kappa shape index (κ2) is 6.74. The third kappa shape index (κ3) is 3.72. The van der Waals surface area contributed by atoms with E-state index in [-0.39, 0.29) is 23.6 Å². The first-order chi connectivity index (χ1) is 9.60. The summed E-state index contributed by atoms with van der Waals surface area (Å²) in [5, 5.41) is 0. The molecule has 1 atom stereocenters. The van der Waals surface area contributed by atoms with E-state index in [0.717, 1.165) is 4.90 Å². The minimum Gasteiger partial charge on any atom is -0.469 e. The molecule has 6 heteroatoms. The Hall–Kier alpha value is -1.56. The molecule has 2 rings (SSSR count). The van der Waals surface area contributed by atoms with Crippen molar-refractivity contribution in [2.45, 2.75) is 11.3 Å². The number of nitrogens with zero attached hydrogens (tertiary/aromatic N) is 1. The molecule has 0 N–H and O–H groups in total. The van der Waals surface area contributed by atoms with Crippen LogP contribution in [0.4, 0.5) is 4.39 Å². The summed E-state index contributed by atoms with van der Waals surface area (Å²) in [6, 6.07) is 6.04. The maximum atomic E-state index is 12.8. The lowest BCUT2D eigenvalue weighted by molar-refractivity contribution is -0.145. The van der Waals surface area contributed by atoms with Crippen LogP contribution in [0.15, 0.2) is 29.2 Å². The third-order valence-electron chi connectivity index (χ3n) is 3.25. The van der Waals surface area contributed by atoms with E-state index >= 15 is 0 Å². The molecular weight excluding hydrogens is 281 g/mol. The zero-order valence-electron chi connectivity index (χ0n) is 11.2. The van der Waals surface area contributed by atoms with Crippen molar-refractivity contribution in [1.29, 1.82) is 0 Å². The number of benzene rings is 1. The van der Waals surface area contributed by atoms with Crippen molar-refractivity contribution >= 4 is 23.6 Å². The highest BCUT2D eigenvalue weighted by Gasteiger charge is 2.31. The van der Waals surface area contributed by atoms with Crippen LogP contribution in [0.1, 0.15) is 6.42 Å². The highest BCUT2D eigenvalue weighted by atomic mass is 32.2. The summed E-state index contributed by atoms with van der Waals surface area (Å²) in [4.78, 5) is 25.9. The fourth-order valence-electron chi connectivity index (χ4n) is 2.11. The Morgan fingerprint density at radius 2 is 2.10 bits per heavy atom. The standard InChI is InChI=1S/C14H16FNO3S/c1-19-14(18)10-6-7-16(8-10)13(17)9-20-12-4-2-11(15)3-5-12/h2-5,10H,6-9H2,1H3. The smallest absolute Gasteiger partial charge is 0.310 e. The number of thioether (sulfide) groups is 1. The van der Waals surface area contributed by atoms with Crippen molar-refractivity contribution in [2.24, 2.45) is 5.92 Å². The van der Waals surface area contributed by atoms with Crippen LogP contribution in [0, 0.1) is 11.7 Å². The predicted molar refractivity (Wildman–Crippen MR) is 73.8 cm³/mol. The molecule has 0 bridgehead atoms. The number of carbonyl (C=O) groups excluding carboxylic acids is 2. The number of esters is 1. The van der Waals surface area contributed by atoms with Crippen LogP contribution < -0.4 is 0 Å². The molecule has 0 saturated carbocycles. The van der Waals surface area contributed by atoms with Crippen LogP contribution in [0.2, 0.25) is 0 Å². The summed E-state index contributed by atoms with van der Waals surface area (Å²) in [5.41, 5.74) is 0. The highest BCUT2D eigenvalue weighted by molar-refractivity contribution is 8.00. The average molecular weight is 297 g/mol. The molecule has 1 saturated heterocycles. The molecule has 1 aromatic rings. The molecule has 0 spiro atoms. The minimum absolute atomic E-state index is 0.00859. The fraction of sp³-hybridized carbons (Fsp3) is 0.429. The minimum atomic E-state index is -0.291. The van der Waals surface area contributed by atoms with Crippen LogP contribution >= 0.6 is 11.8 Å². The van der Waals surface area contributed by atoms with Gasteiger partial charge in [0.15, 0.2) is 0 Å². The number of methoxy groups -OCH3 is 1. The quantitative estimate of drug-likeness (QED) is 0.629. The zero-order chi connectivity index (χ0) is 14.5. The second-order valence-corrected chi connectivity index (χ2v) is 5.64. The molecule has 0 aromatic heterocycles. The van der Waals surface area contributed by atoms with Crippen LogP contribution in [0.25, 0.3) is 0 Å². The molecule has 4 nitrogen and oxygen atoms in total. The second-order valence-electron chi connectivity index (χ2n) is 4.59. The van der Waals surface area contributed by atoms with Crippen molar-refractivity contribution < 1.29 is 18.7 Å². The molecule has 1 amide bonds. The van der Waals surface area contributed by atoms with E-state index in [2.05, 4.69) is 4.74 Å². The van der Waals surface area contributed by atoms with Gasteiger partial charge in [0, 0.05) is 18.0 Å². The van der Waals surface area contributed by atoms with E-state index in [0.29, 0.717) is 25.3 Å². The van der Waals surface area contributed by atoms with Crippen LogP contribution in [-0.4, -0.2) is 42.7 Å². The van der Waals surface area contributed by atoms with Gasteiger partial charge < -0.3 is 9.64 Å². The number of carbonyl (C=O) groups is 2. The molecule has 1 heterocycles. The van der Waals surface area contributed by atoms with Crippen molar-refractivity contribution in [3.8, 4) is 0 Å². The summed E-state index contributed by atoms with van der Waals surface area (Å²) in [7, 11) is 1.36. The Morgan fingerprint density at radius 1 is 1.40 bits per heavy atom. The van der Waals surface area contributed by atoms with Crippen molar-refractivity contribution in [2.75, 3.05) is 26.0 Å². The highest BCUT2D eigenvalue weighted by Crippen LogP contribution is 2.22. The number of ether oxygens (including phenoxy) is 1. The van der Waals surface area contributed by atoms with E-state index in [4.69, 9.17) is 0 Å². The SMILES string of the molecule is COC(=O)C1CCN(C(=O)CSc2ccc(F)cc2)C1. The van der Waals surface area contributed by atoms with Gasteiger partial charge >= 0.3 is 5.97 Å². The molecule has 0 aliphatic carbocycles. The average Bonchev–Trinajstić information content (AvgIpc) is 2.95. The molecule has 0 radical (unpaired) electrons. The van der Waals surface area contributed by atoms with E-state index in [9.17, 15) is 14.0 Å². The first-order valence-corrected chi connectivity index (χ1v) is 7.32. The van der Waals surface area contributed by atoms with Gasteiger partial charge in [-0.05, 0) is 30.7 Å². The van der Waals surface area contributed by atoms with Gasteiger partial charge in [-0.3, -0.25) is 9.59 Å². The van der Waals surface area contributed by atoms with Crippen LogP contribution in [0.3, 0.4) is 0 Å². The molecule has 1 aliphatic heterocycles. The first kappa shape index (κ1) is 14.8. The van der Waals surface area contributed by atoms with Gasteiger partial charge in [-0.2, -0.15) is 0 Å². The van der Waals surface area contributed by atoms with Crippen LogP contribution in [0.5, 0.6) is 0 Å². The van der Waals surface area contributed by atoms with Gasteiger partial charge in [-0.15, -0.1) is 11.8 Å². The molecule has 1 aliphatic rings. The lowest BCUT2D eigenvalue weighted by Gasteiger charge is -2.15. The van der Waals surface area contributed by atoms with E-state index in [1.165, 1.54) is 31.0 Å². The summed E-state index contributed by atoms with van der Waals surface area (Å²) in [5.74, 6) is -0.474. The topological polar surface area (TPSA) is 46.6 Å². The van der Waals surface area contributed by atoms with Gasteiger partial charge in [0.05, 0.1) is 18.8 Å². The van der Waals surface area contributed by atoms with E-state index in [1.54, 1.807) is 17.0 Å². The van der Waals surface area contributed by atoms with E-state index in [1.807, 2.05) is 0 Å². The van der Waals surface area contributed by atoms with Gasteiger partial charge in [0.2, 0.25) is 5.91 Å². The number of rotatable bonds is 4. The largest absolute Gasteiger partial charge is 0.469 e. The Bertz CT molecular complexity index is 492. The van der Waals surface area contributed by atoms with Gasteiger partial charge in [-0.25, -0.2) is 4.39 Å². The molecule has 1 unspecified atom stereocenters. The number of halogens is 1. The van der Waals surface area contributed by atoms with Gasteiger partial charge in [-0.1, -0.05) is 0 Å². The number of hydrogen-bond donors (Lipinski definition) is 0. The third-order valence-corrected chi connectivity index (χ3v) is 4.25. The molecule has 1 fully saturated rings. The van der Waals surface area contributed by atoms with Crippen molar-refractivity contribution in [3.05, 3.63) is 30.1 Å². The van der Waals surface area contributed by atoms with Crippen molar-refractivity contribution in [3.63, 3.8) is 0 Å². The molecule has 1 aromatic carbocycles. The predicted octanol–water partition coefficient (Wildman–Crippen LogP) is 1.94. The summed E-state index contributed by atoms with van der Waals surface area (Å²) in [6.45, 7) is 1.01. The lowest BCUT2D eigenvalue weighted by Crippen LogP contribution is -2.31. The lowest BCUT2D eigenvalue weighted by atomic mass is 10.1. The van der Waals surface area contributed by atoms with Gasteiger partial charge in [0.25, 0.3) is 0 Å². The molecular formula is C14H16FNO3S. The monoisotopic (exact) mass is 297 g/mol. The maximum Gasteiger partial charge on any atom is 0.310 e. The molecule has 108 valence electrons. The Morgan fingerprint density at radius 3 is 2.75 bits per heavy atom. The fourth-order valence-corrected chi connectivity index (χ4v) is 2.91. The Balaban J connectivity index is 1.81.